The van der Waals surface area contributed by atoms with Crippen LogP contribution in [0.5, 0.6) is 0 Å². The number of carbonyl (C=O) groups is 1. The minimum Gasteiger partial charge on any atom is -0.353 e. The second-order valence-corrected chi connectivity index (χ2v) is 5.33. The van der Waals surface area contributed by atoms with E-state index >= 15 is 0 Å². The highest BCUT2D eigenvalue weighted by atomic mass is 31.2. The molecule has 0 saturated heterocycles. The van der Waals surface area contributed by atoms with Crippen LogP contribution in [-0.4, -0.2) is 31.3 Å². The summed E-state index contributed by atoms with van der Waals surface area (Å²) in [5, 5.41) is 2.64. The van der Waals surface area contributed by atoms with Gasteiger partial charge < -0.3 is 14.4 Å². The van der Waals surface area contributed by atoms with Crippen molar-refractivity contribution in [2.45, 2.75) is 33.7 Å². The zero-order chi connectivity index (χ0) is 11.9. The quantitative estimate of drug-likeness (QED) is 0.685. The first-order chi connectivity index (χ1) is 6.93. The monoisotopic (exact) mass is 237 g/mol. The summed E-state index contributed by atoms with van der Waals surface area (Å²) in [6.07, 6.45) is 0.203. The van der Waals surface area contributed by atoms with Gasteiger partial charge in [0, 0.05) is 13.0 Å². The third kappa shape index (κ3) is 6.66. The topological polar surface area (TPSA) is 64.6 Å². The Morgan fingerprint density at radius 3 is 2.13 bits per heavy atom. The lowest BCUT2D eigenvalue weighted by atomic mass is 10.4. The Bertz CT molecular complexity index is 234. The molecule has 1 atom stereocenters. The molecule has 0 aromatic carbocycles. The van der Waals surface area contributed by atoms with Crippen LogP contribution in [-0.2, 0) is 18.4 Å². The summed E-state index contributed by atoms with van der Waals surface area (Å²) in [6.45, 7) is 7.38. The van der Waals surface area contributed by atoms with E-state index in [0.29, 0.717) is 13.2 Å². The van der Waals surface area contributed by atoms with Crippen LogP contribution in [0.25, 0.3) is 0 Å². The van der Waals surface area contributed by atoms with Gasteiger partial charge in [0.25, 0.3) is 0 Å². The molecule has 0 spiro atoms. The van der Waals surface area contributed by atoms with E-state index in [0.717, 1.165) is 0 Å². The molecule has 5 nitrogen and oxygen atoms in total. The fourth-order valence-corrected chi connectivity index (χ4v) is 3.10. The van der Waals surface area contributed by atoms with Gasteiger partial charge in [0.2, 0.25) is 5.91 Å². The van der Waals surface area contributed by atoms with Crippen LogP contribution in [0.15, 0.2) is 0 Å². The largest absolute Gasteiger partial charge is 0.353 e. The van der Waals surface area contributed by atoms with Crippen molar-refractivity contribution in [3.8, 4) is 0 Å². The Morgan fingerprint density at radius 1 is 1.33 bits per heavy atom. The lowest BCUT2D eigenvalue weighted by Crippen LogP contribution is -2.33. The molecule has 0 aromatic rings. The highest BCUT2D eigenvalue weighted by molar-refractivity contribution is 7.53. The predicted molar refractivity (Wildman–Crippen MR) is 59.0 cm³/mol. The van der Waals surface area contributed by atoms with Crippen molar-refractivity contribution >= 4 is 13.5 Å². The molecule has 0 saturated carbocycles. The van der Waals surface area contributed by atoms with Crippen molar-refractivity contribution in [2.24, 2.45) is 0 Å². The molecule has 1 N–H and O–H groups in total. The van der Waals surface area contributed by atoms with Gasteiger partial charge >= 0.3 is 7.60 Å². The molecule has 0 rings (SSSR count). The molecule has 0 radical (unpaired) electrons. The molecule has 0 fully saturated rings. The van der Waals surface area contributed by atoms with Gasteiger partial charge in [-0.05, 0) is 20.8 Å². The van der Waals surface area contributed by atoms with Gasteiger partial charge in [-0.25, -0.2) is 0 Å². The first-order valence-corrected chi connectivity index (χ1v) is 6.81. The van der Waals surface area contributed by atoms with Crippen LogP contribution in [0.3, 0.4) is 0 Å². The van der Waals surface area contributed by atoms with Crippen LogP contribution in [0.2, 0.25) is 0 Å². The molecule has 0 bridgehead atoms. The fraction of sp³-hybridized carbons (Fsp3) is 0.889. The number of hydrogen-bond acceptors (Lipinski definition) is 4. The lowest BCUT2D eigenvalue weighted by molar-refractivity contribution is -0.119. The van der Waals surface area contributed by atoms with Gasteiger partial charge in [-0.2, -0.15) is 0 Å². The zero-order valence-corrected chi connectivity index (χ0v) is 10.7. The molecule has 0 heterocycles. The van der Waals surface area contributed by atoms with Crippen LogP contribution in [0.1, 0.15) is 27.7 Å². The third-order valence-electron chi connectivity index (χ3n) is 1.60. The molecule has 0 unspecified atom stereocenters. The van der Waals surface area contributed by atoms with Gasteiger partial charge in [-0.1, -0.05) is 0 Å². The Kier molecular flexibility index (Phi) is 6.81. The van der Waals surface area contributed by atoms with E-state index in [1.165, 1.54) is 6.92 Å². The second-order valence-electron chi connectivity index (χ2n) is 3.23. The number of amides is 1. The highest BCUT2D eigenvalue weighted by Crippen LogP contribution is 2.48. The molecule has 90 valence electrons. The van der Waals surface area contributed by atoms with Crippen molar-refractivity contribution in [3.63, 3.8) is 0 Å². The van der Waals surface area contributed by atoms with Gasteiger partial charge in [0.05, 0.1) is 19.4 Å². The van der Waals surface area contributed by atoms with Gasteiger partial charge in [0.15, 0.2) is 0 Å². The van der Waals surface area contributed by atoms with Gasteiger partial charge in [-0.15, -0.1) is 0 Å². The summed E-state index contributed by atoms with van der Waals surface area (Å²) in [4.78, 5) is 10.8. The maximum atomic E-state index is 12.0. The molecule has 0 aliphatic rings. The average molecular weight is 237 g/mol. The van der Waals surface area contributed by atoms with Crippen molar-refractivity contribution in [2.75, 3.05) is 19.4 Å². The zero-order valence-electron chi connectivity index (χ0n) is 9.78. The molecule has 6 heteroatoms. The van der Waals surface area contributed by atoms with E-state index in [2.05, 4.69) is 5.32 Å². The SMILES string of the molecule is CCOP(=O)(C[C@@H](C)NC(C)=O)OCC. The molecule has 0 aliphatic carbocycles. The van der Waals surface area contributed by atoms with E-state index in [1.807, 2.05) is 0 Å². The third-order valence-corrected chi connectivity index (χ3v) is 3.90. The van der Waals surface area contributed by atoms with Gasteiger partial charge in [-0.3, -0.25) is 9.36 Å². The lowest BCUT2D eigenvalue weighted by Gasteiger charge is -2.20. The fourth-order valence-electron chi connectivity index (χ4n) is 1.26. The van der Waals surface area contributed by atoms with E-state index in [4.69, 9.17) is 9.05 Å². The summed E-state index contributed by atoms with van der Waals surface area (Å²) in [5.74, 6) is -0.151. The maximum Gasteiger partial charge on any atom is 0.332 e. The molecular formula is C9H20NO4P. The first kappa shape index (κ1) is 14.6. The standard InChI is InChI=1S/C9H20NO4P/c1-5-13-15(12,14-6-2)7-8(3)10-9(4)11/h8H,5-7H2,1-4H3,(H,10,11)/t8-/m1/s1. The first-order valence-electron chi connectivity index (χ1n) is 5.08. The second kappa shape index (κ2) is 6.99. The van der Waals surface area contributed by atoms with E-state index < -0.39 is 7.60 Å². The van der Waals surface area contributed by atoms with Crippen molar-refractivity contribution in [1.82, 2.24) is 5.32 Å². The summed E-state index contributed by atoms with van der Waals surface area (Å²) < 4.78 is 22.2. The molecule has 1 amide bonds. The van der Waals surface area contributed by atoms with Crippen LogP contribution in [0.4, 0.5) is 0 Å². The summed E-state index contributed by atoms with van der Waals surface area (Å²) in [7, 11) is -3.05. The summed E-state index contributed by atoms with van der Waals surface area (Å²) in [6, 6.07) is -0.216. The molecule has 15 heavy (non-hydrogen) atoms. The van der Waals surface area contributed by atoms with Crippen molar-refractivity contribution in [1.29, 1.82) is 0 Å². The highest BCUT2D eigenvalue weighted by Gasteiger charge is 2.26. The minimum absolute atomic E-state index is 0.151. The maximum absolute atomic E-state index is 12.0. The Balaban J connectivity index is 4.27. The van der Waals surface area contributed by atoms with Crippen LogP contribution < -0.4 is 5.32 Å². The normalized spacial score (nSPS) is 13.6. The van der Waals surface area contributed by atoms with Crippen LogP contribution >= 0.6 is 7.60 Å². The molecular weight excluding hydrogens is 217 g/mol. The Hall–Kier alpha value is -0.380. The number of nitrogens with one attached hydrogen (secondary N) is 1. The average Bonchev–Trinajstić information content (AvgIpc) is 2.01. The van der Waals surface area contributed by atoms with Gasteiger partial charge in [0.1, 0.15) is 0 Å². The molecule has 0 aliphatic heterocycles. The minimum atomic E-state index is -3.05. The smallest absolute Gasteiger partial charge is 0.332 e. The Labute approximate surface area is 91.1 Å². The number of rotatable bonds is 7. The predicted octanol–water partition coefficient (Wildman–Crippen LogP) is 1.78. The number of carbonyl (C=O) groups excluding carboxylic acids is 1. The van der Waals surface area contributed by atoms with Crippen LogP contribution in [0, 0.1) is 0 Å². The van der Waals surface area contributed by atoms with Crippen molar-refractivity contribution < 1.29 is 18.4 Å². The Morgan fingerprint density at radius 2 is 1.80 bits per heavy atom. The summed E-state index contributed by atoms with van der Waals surface area (Å²) in [5.41, 5.74) is 0. The molecule has 0 aromatic heterocycles. The summed E-state index contributed by atoms with van der Waals surface area (Å²) >= 11 is 0. The number of hydrogen-bond donors (Lipinski definition) is 1. The van der Waals surface area contributed by atoms with E-state index in [9.17, 15) is 9.36 Å². The van der Waals surface area contributed by atoms with Crippen molar-refractivity contribution in [3.05, 3.63) is 0 Å². The van der Waals surface area contributed by atoms with E-state index in [-0.39, 0.29) is 18.1 Å². The van der Waals surface area contributed by atoms with E-state index in [1.54, 1.807) is 20.8 Å².